The standard InChI is InChI=1S/C14H22N4O/c1-10(15)4-3-7-18(2)9-11-5-6-12-13(8-11)17-14(19)16-12/h5-6,8,10H,3-4,7,9,15H2,1-2H3,(H2,16,17,19). The minimum atomic E-state index is -0.155. The highest BCUT2D eigenvalue weighted by molar-refractivity contribution is 5.74. The Kier molecular flexibility index (Phi) is 4.39. The molecule has 1 atom stereocenters. The number of nitrogens with zero attached hydrogens (tertiary/aromatic N) is 1. The maximum Gasteiger partial charge on any atom is 0.323 e. The molecule has 0 spiro atoms. The van der Waals surface area contributed by atoms with Crippen molar-refractivity contribution in [2.75, 3.05) is 13.6 Å². The molecule has 0 saturated carbocycles. The van der Waals surface area contributed by atoms with Gasteiger partial charge < -0.3 is 20.6 Å². The van der Waals surface area contributed by atoms with Gasteiger partial charge >= 0.3 is 5.69 Å². The van der Waals surface area contributed by atoms with Gasteiger partial charge in [-0.25, -0.2) is 4.79 Å². The maximum atomic E-state index is 11.2. The van der Waals surface area contributed by atoms with Gasteiger partial charge in [-0.15, -0.1) is 0 Å². The van der Waals surface area contributed by atoms with E-state index in [1.54, 1.807) is 0 Å². The van der Waals surface area contributed by atoms with Crippen LogP contribution in [0.15, 0.2) is 23.0 Å². The molecule has 0 aliphatic rings. The lowest BCUT2D eigenvalue weighted by Crippen LogP contribution is -2.22. The van der Waals surface area contributed by atoms with Gasteiger partial charge in [0.2, 0.25) is 0 Å². The van der Waals surface area contributed by atoms with E-state index in [0.717, 1.165) is 37.0 Å². The zero-order valence-electron chi connectivity index (χ0n) is 11.6. The molecule has 1 unspecified atom stereocenters. The first-order valence-corrected chi connectivity index (χ1v) is 6.69. The van der Waals surface area contributed by atoms with Crippen molar-refractivity contribution in [1.82, 2.24) is 14.9 Å². The quantitative estimate of drug-likeness (QED) is 0.736. The summed E-state index contributed by atoms with van der Waals surface area (Å²) in [5.74, 6) is 0. The van der Waals surface area contributed by atoms with E-state index in [0.29, 0.717) is 0 Å². The van der Waals surface area contributed by atoms with Crippen LogP contribution >= 0.6 is 0 Å². The first-order valence-electron chi connectivity index (χ1n) is 6.69. The summed E-state index contributed by atoms with van der Waals surface area (Å²) in [6, 6.07) is 6.29. The molecular formula is C14H22N4O. The van der Waals surface area contributed by atoms with Crippen LogP contribution in [0.2, 0.25) is 0 Å². The van der Waals surface area contributed by atoms with Crippen LogP contribution < -0.4 is 11.4 Å². The first-order chi connectivity index (χ1) is 9.04. The fraction of sp³-hybridized carbons (Fsp3) is 0.500. The summed E-state index contributed by atoms with van der Waals surface area (Å²) in [5, 5.41) is 0. The Labute approximate surface area is 112 Å². The summed E-state index contributed by atoms with van der Waals surface area (Å²) >= 11 is 0. The Morgan fingerprint density at radius 3 is 2.79 bits per heavy atom. The smallest absolute Gasteiger partial charge is 0.323 e. The SMILES string of the molecule is CC(N)CCCN(C)Cc1ccc2[nH]c(=O)[nH]c2c1. The molecule has 0 radical (unpaired) electrons. The monoisotopic (exact) mass is 262 g/mol. The molecule has 0 amide bonds. The van der Waals surface area contributed by atoms with Crippen molar-refractivity contribution in [2.45, 2.75) is 32.4 Å². The van der Waals surface area contributed by atoms with E-state index in [-0.39, 0.29) is 11.7 Å². The molecule has 0 bridgehead atoms. The molecule has 0 fully saturated rings. The predicted molar refractivity (Wildman–Crippen MR) is 78.1 cm³/mol. The van der Waals surface area contributed by atoms with Gasteiger partial charge in [-0.3, -0.25) is 0 Å². The summed E-state index contributed by atoms with van der Waals surface area (Å²) in [7, 11) is 2.10. The van der Waals surface area contributed by atoms with E-state index in [1.165, 1.54) is 5.56 Å². The van der Waals surface area contributed by atoms with Gasteiger partial charge in [0, 0.05) is 12.6 Å². The van der Waals surface area contributed by atoms with E-state index < -0.39 is 0 Å². The number of aromatic nitrogens is 2. The number of hydrogen-bond donors (Lipinski definition) is 3. The molecule has 4 N–H and O–H groups in total. The molecule has 1 aromatic heterocycles. The van der Waals surface area contributed by atoms with Crippen molar-refractivity contribution in [3.8, 4) is 0 Å². The number of rotatable bonds is 6. The van der Waals surface area contributed by atoms with Crippen molar-refractivity contribution < 1.29 is 0 Å². The fourth-order valence-corrected chi connectivity index (χ4v) is 2.25. The van der Waals surface area contributed by atoms with Gasteiger partial charge in [-0.2, -0.15) is 0 Å². The molecule has 5 heteroatoms. The van der Waals surface area contributed by atoms with Crippen LogP contribution in [0, 0.1) is 0 Å². The molecule has 2 rings (SSSR count). The van der Waals surface area contributed by atoms with Crippen molar-refractivity contribution >= 4 is 11.0 Å². The molecule has 0 saturated heterocycles. The van der Waals surface area contributed by atoms with E-state index in [9.17, 15) is 4.79 Å². The van der Waals surface area contributed by atoms with Crippen LogP contribution in [0.5, 0.6) is 0 Å². The van der Waals surface area contributed by atoms with Crippen LogP contribution in [0.1, 0.15) is 25.3 Å². The lowest BCUT2D eigenvalue weighted by molar-refractivity contribution is 0.315. The Balaban J connectivity index is 1.94. The lowest BCUT2D eigenvalue weighted by atomic mass is 10.1. The molecule has 104 valence electrons. The average molecular weight is 262 g/mol. The van der Waals surface area contributed by atoms with Crippen LogP contribution in [-0.2, 0) is 6.54 Å². The number of H-pyrrole nitrogens is 2. The number of hydrogen-bond acceptors (Lipinski definition) is 3. The number of benzene rings is 1. The highest BCUT2D eigenvalue weighted by atomic mass is 16.1. The van der Waals surface area contributed by atoms with E-state index in [1.807, 2.05) is 25.1 Å². The van der Waals surface area contributed by atoms with Gasteiger partial charge in [0.15, 0.2) is 0 Å². The molecule has 2 aromatic rings. The Hall–Kier alpha value is -1.59. The second kappa shape index (κ2) is 6.04. The molecule has 0 aliphatic carbocycles. The zero-order valence-corrected chi connectivity index (χ0v) is 11.6. The molecule has 1 heterocycles. The van der Waals surface area contributed by atoms with E-state index in [2.05, 4.69) is 21.9 Å². The molecule has 1 aromatic carbocycles. The maximum absolute atomic E-state index is 11.2. The summed E-state index contributed by atoms with van der Waals surface area (Å²) in [5.41, 5.74) is 8.51. The van der Waals surface area contributed by atoms with E-state index >= 15 is 0 Å². The molecule has 5 nitrogen and oxygen atoms in total. The van der Waals surface area contributed by atoms with Crippen LogP contribution in [0.25, 0.3) is 11.0 Å². The highest BCUT2D eigenvalue weighted by Gasteiger charge is 2.04. The second-order valence-corrected chi connectivity index (χ2v) is 5.32. The molecule has 19 heavy (non-hydrogen) atoms. The van der Waals surface area contributed by atoms with Gasteiger partial charge in [-0.1, -0.05) is 6.07 Å². The van der Waals surface area contributed by atoms with Gasteiger partial charge in [0.1, 0.15) is 0 Å². The lowest BCUT2D eigenvalue weighted by Gasteiger charge is -2.17. The second-order valence-electron chi connectivity index (χ2n) is 5.32. The minimum Gasteiger partial charge on any atom is -0.328 e. The normalized spacial score (nSPS) is 13.3. The Morgan fingerprint density at radius 2 is 2.05 bits per heavy atom. The summed E-state index contributed by atoms with van der Waals surface area (Å²) in [4.78, 5) is 19.0. The molecule has 0 aliphatic heterocycles. The number of imidazole rings is 1. The van der Waals surface area contributed by atoms with Crippen LogP contribution in [0.3, 0.4) is 0 Å². The van der Waals surface area contributed by atoms with Gasteiger partial charge in [0.25, 0.3) is 0 Å². The third kappa shape index (κ3) is 3.94. The van der Waals surface area contributed by atoms with Gasteiger partial charge in [-0.05, 0) is 51.1 Å². The van der Waals surface area contributed by atoms with Crippen LogP contribution in [0.4, 0.5) is 0 Å². The van der Waals surface area contributed by atoms with Crippen molar-refractivity contribution in [1.29, 1.82) is 0 Å². The predicted octanol–water partition coefficient (Wildman–Crippen LogP) is 1.42. The topological polar surface area (TPSA) is 77.9 Å². The third-order valence-corrected chi connectivity index (χ3v) is 3.23. The summed E-state index contributed by atoms with van der Waals surface area (Å²) in [6.07, 6.45) is 2.16. The molecular weight excluding hydrogens is 240 g/mol. The van der Waals surface area contributed by atoms with Crippen LogP contribution in [-0.4, -0.2) is 34.5 Å². The zero-order chi connectivity index (χ0) is 13.8. The third-order valence-electron chi connectivity index (χ3n) is 3.23. The van der Waals surface area contributed by atoms with Crippen molar-refractivity contribution in [2.24, 2.45) is 5.73 Å². The van der Waals surface area contributed by atoms with Gasteiger partial charge in [0.05, 0.1) is 11.0 Å². The number of aromatic amines is 2. The largest absolute Gasteiger partial charge is 0.328 e. The fourth-order valence-electron chi connectivity index (χ4n) is 2.25. The highest BCUT2D eigenvalue weighted by Crippen LogP contribution is 2.12. The summed E-state index contributed by atoms with van der Waals surface area (Å²) < 4.78 is 0. The van der Waals surface area contributed by atoms with E-state index in [4.69, 9.17) is 5.73 Å². The van der Waals surface area contributed by atoms with Crippen molar-refractivity contribution in [3.05, 3.63) is 34.2 Å². The Morgan fingerprint density at radius 1 is 1.32 bits per heavy atom. The minimum absolute atomic E-state index is 0.155. The van der Waals surface area contributed by atoms with Crippen molar-refractivity contribution in [3.63, 3.8) is 0 Å². The Bertz CT molecular complexity index is 584. The summed E-state index contributed by atoms with van der Waals surface area (Å²) in [6.45, 7) is 3.95. The number of nitrogens with two attached hydrogens (primary N) is 1. The number of nitrogens with one attached hydrogen (secondary N) is 2. The number of fused-ring (bicyclic) bond motifs is 1. The average Bonchev–Trinajstić information content (AvgIpc) is 2.67. The first kappa shape index (κ1) is 13.8.